The highest BCUT2D eigenvalue weighted by Gasteiger charge is 2.06. The van der Waals surface area contributed by atoms with E-state index in [0.29, 0.717) is 12.2 Å². The Balaban J connectivity index is 2.46. The highest BCUT2D eigenvalue weighted by Crippen LogP contribution is 2.23. The van der Waals surface area contributed by atoms with Crippen molar-refractivity contribution >= 4 is 11.8 Å². The van der Waals surface area contributed by atoms with E-state index in [-0.39, 0.29) is 17.5 Å². The van der Waals surface area contributed by atoms with E-state index in [1.165, 1.54) is 11.8 Å². The highest BCUT2D eigenvalue weighted by molar-refractivity contribution is 7.99. The van der Waals surface area contributed by atoms with Gasteiger partial charge in [-0.15, -0.1) is 11.8 Å². The fraction of sp³-hybridized carbons (Fsp3) is 0.400. The molecule has 5 heteroatoms. The topological polar surface area (TPSA) is 46.2 Å². The van der Waals surface area contributed by atoms with Crippen LogP contribution < -0.4 is 5.73 Å². The van der Waals surface area contributed by atoms with E-state index in [9.17, 15) is 8.78 Å². The lowest BCUT2D eigenvalue weighted by atomic mass is 10.3. The Hall–Kier alpha value is -0.650. The molecule has 0 bridgehead atoms. The first-order chi connectivity index (χ1) is 7.13. The zero-order valence-electron chi connectivity index (χ0n) is 8.12. The fourth-order valence-corrected chi connectivity index (χ4v) is 2.04. The number of benzene rings is 1. The van der Waals surface area contributed by atoms with Gasteiger partial charge in [-0.3, -0.25) is 0 Å². The van der Waals surface area contributed by atoms with Gasteiger partial charge in [0.05, 0.1) is 6.61 Å². The van der Waals surface area contributed by atoms with Gasteiger partial charge in [0.1, 0.15) is 11.6 Å². The average Bonchev–Trinajstić information content (AvgIpc) is 2.23. The molecular formula is C10H13F2NOS. The lowest BCUT2D eigenvalue weighted by Gasteiger charge is -2.07. The summed E-state index contributed by atoms with van der Waals surface area (Å²) in [6, 6.07) is 3.04. The fourth-order valence-electron chi connectivity index (χ4n) is 0.999. The molecule has 1 rings (SSSR count). The predicted octanol–water partition coefficient (Wildman–Crippen LogP) is 1.77. The third-order valence-electron chi connectivity index (χ3n) is 1.87. The molecule has 1 unspecified atom stereocenters. The molecule has 84 valence electrons. The van der Waals surface area contributed by atoms with Crippen molar-refractivity contribution in [2.24, 2.45) is 5.73 Å². The SMILES string of the molecule is NC(CO)CCSc1cc(F)ccc1F. The van der Waals surface area contributed by atoms with Crippen LogP contribution in [0.3, 0.4) is 0 Å². The number of aliphatic hydroxyl groups excluding tert-OH is 1. The Labute approximate surface area is 91.5 Å². The van der Waals surface area contributed by atoms with Crippen molar-refractivity contribution in [2.45, 2.75) is 17.4 Å². The number of nitrogens with two attached hydrogens (primary N) is 1. The second-order valence-electron chi connectivity index (χ2n) is 3.15. The van der Waals surface area contributed by atoms with Crippen molar-refractivity contribution in [3.63, 3.8) is 0 Å². The van der Waals surface area contributed by atoms with E-state index in [4.69, 9.17) is 10.8 Å². The van der Waals surface area contributed by atoms with Crippen LogP contribution >= 0.6 is 11.8 Å². The van der Waals surface area contributed by atoms with E-state index < -0.39 is 11.6 Å². The van der Waals surface area contributed by atoms with Crippen molar-refractivity contribution in [2.75, 3.05) is 12.4 Å². The standard InChI is InChI=1S/C10H13F2NOS/c11-7-1-2-9(12)10(5-7)15-4-3-8(13)6-14/h1-2,5,8,14H,3-4,6,13H2. The molecule has 0 heterocycles. The maximum Gasteiger partial charge on any atom is 0.136 e. The van der Waals surface area contributed by atoms with Gasteiger partial charge in [-0.05, 0) is 30.4 Å². The van der Waals surface area contributed by atoms with Gasteiger partial charge in [-0.1, -0.05) is 0 Å². The molecule has 0 aromatic heterocycles. The minimum Gasteiger partial charge on any atom is -0.395 e. The third-order valence-corrected chi connectivity index (χ3v) is 2.94. The van der Waals surface area contributed by atoms with E-state index in [1.54, 1.807) is 0 Å². The number of hydrogen-bond donors (Lipinski definition) is 2. The molecular weight excluding hydrogens is 220 g/mol. The van der Waals surface area contributed by atoms with E-state index >= 15 is 0 Å². The van der Waals surface area contributed by atoms with Crippen LogP contribution in [0.1, 0.15) is 6.42 Å². The van der Waals surface area contributed by atoms with Gasteiger partial charge in [0, 0.05) is 10.9 Å². The lowest BCUT2D eigenvalue weighted by molar-refractivity contribution is 0.264. The zero-order chi connectivity index (χ0) is 11.3. The molecule has 15 heavy (non-hydrogen) atoms. The molecule has 0 saturated heterocycles. The minimum atomic E-state index is -0.453. The maximum absolute atomic E-state index is 13.1. The summed E-state index contributed by atoms with van der Waals surface area (Å²) in [7, 11) is 0. The molecule has 0 fully saturated rings. The second kappa shape index (κ2) is 6.05. The van der Waals surface area contributed by atoms with Gasteiger partial charge in [-0.2, -0.15) is 0 Å². The Kier molecular flexibility index (Phi) is 5.01. The molecule has 0 saturated carbocycles. The molecule has 3 N–H and O–H groups in total. The monoisotopic (exact) mass is 233 g/mol. The Morgan fingerprint density at radius 3 is 2.80 bits per heavy atom. The molecule has 0 spiro atoms. The number of hydrogen-bond acceptors (Lipinski definition) is 3. The minimum absolute atomic E-state index is 0.0911. The van der Waals surface area contributed by atoms with Crippen LogP contribution in [-0.2, 0) is 0 Å². The van der Waals surface area contributed by atoms with Gasteiger partial charge >= 0.3 is 0 Å². The highest BCUT2D eigenvalue weighted by atomic mass is 32.2. The van der Waals surface area contributed by atoms with Crippen molar-refractivity contribution in [3.05, 3.63) is 29.8 Å². The average molecular weight is 233 g/mol. The van der Waals surface area contributed by atoms with Crippen LogP contribution in [0.5, 0.6) is 0 Å². The largest absolute Gasteiger partial charge is 0.395 e. The number of aliphatic hydroxyl groups is 1. The summed E-state index contributed by atoms with van der Waals surface area (Å²) in [4.78, 5) is 0.278. The van der Waals surface area contributed by atoms with Gasteiger partial charge in [-0.25, -0.2) is 8.78 Å². The lowest BCUT2D eigenvalue weighted by Crippen LogP contribution is -2.24. The van der Waals surface area contributed by atoms with E-state index in [2.05, 4.69) is 0 Å². The summed E-state index contributed by atoms with van der Waals surface area (Å²) in [6.45, 7) is -0.0911. The van der Waals surface area contributed by atoms with Crippen LogP contribution in [0, 0.1) is 11.6 Å². The summed E-state index contributed by atoms with van der Waals surface area (Å²) in [5.74, 6) is -0.327. The molecule has 0 aliphatic heterocycles. The van der Waals surface area contributed by atoms with Gasteiger partial charge in [0.2, 0.25) is 0 Å². The van der Waals surface area contributed by atoms with Crippen molar-refractivity contribution < 1.29 is 13.9 Å². The summed E-state index contributed by atoms with van der Waals surface area (Å²) < 4.78 is 25.9. The van der Waals surface area contributed by atoms with Crippen LogP contribution in [0.25, 0.3) is 0 Å². The first-order valence-electron chi connectivity index (χ1n) is 4.57. The summed E-state index contributed by atoms with van der Waals surface area (Å²) in [5, 5.41) is 8.66. The van der Waals surface area contributed by atoms with Crippen molar-refractivity contribution in [1.82, 2.24) is 0 Å². The first-order valence-corrected chi connectivity index (χ1v) is 5.56. The smallest absolute Gasteiger partial charge is 0.136 e. The maximum atomic E-state index is 13.1. The normalized spacial score (nSPS) is 12.8. The van der Waals surface area contributed by atoms with Crippen LogP contribution in [0.2, 0.25) is 0 Å². The van der Waals surface area contributed by atoms with Gasteiger partial charge in [0.25, 0.3) is 0 Å². The second-order valence-corrected chi connectivity index (χ2v) is 4.29. The predicted molar refractivity (Wildman–Crippen MR) is 56.8 cm³/mol. The van der Waals surface area contributed by atoms with Crippen molar-refractivity contribution in [1.29, 1.82) is 0 Å². The van der Waals surface area contributed by atoms with E-state index in [0.717, 1.165) is 18.2 Å². The van der Waals surface area contributed by atoms with Gasteiger partial charge in [0.15, 0.2) is 0 Å². The van der Waals surface area contributed by atoms with Crippen LogP contribution in [-0.4, -0.2) is 23.5 Å². The first kappa shape index (κ1) is 12.4. The van der Waals surface area contributed by atoms with Crippen LogP contribution in [0.15, 0.2) is 23.1 Å². The quantitative estimate of drug-likeness (QED) is 0.762. The molecule has 2 nitrogen and oxygen atoms in total. The van der Waals surface area contributed by atoms with Gasteiger partial charge < -0.3 is 10.8 Å². The zero-order valence-corrected chi connectivity index (χ0v) is 8.94. The molecule has 0 aliphatic carbocycles. The molecule has 0 amide bonds. The molecule has 1 aromatic carbocycles. The number of thioether (sulfide) groups is 1. The van der Waals surface area contributed by atoms with Crippen LogP contribution in [0.4, 0.5) is 8.78 Å². The Morgan fingerprint density at radius 2 is 2.13 bits per heavy atom. The Bertz CT molecular complexity index is 322. The Morgan fingerprint density at radius 1 is 1.40 bits per heavy atom. The molecule has 0 radical (unpaired) electrons. The molecule has 1 aromatic rings. The number of halogens is 2. The summed E-state index contributed by atoms with van der Waals surface area (Å²) >= 11 is 1.20. The molecule has 1 atom stereocenters. The molecule has 0 aliphatic rings. The van der Waals surface area contributed by atoms with Crippen molar-refractivity contribution in [3.8, 4) is 0 Å². The summed E-state index contributed by atoms with van der Waals surface area (Å²) in [6.07, 6.45) is 0.567. The third kappa shape index (κ3) is 4.15. The summed E-state index contributed by atoms with van der Waals surface area (Å²) in [5.41, 5.74) is 5.47. The number of rotatable bonds is 5. The van der Waals surface area contributed by atoms with E-state index in [1.807, 2.05) is 0 Å².